The average molecular weight is 315 g/mol. The molecule has 0 aliphatic carbocycles. The van der Waals surface area contributed by atoms with Gasteiger partial charge < -0.3 is 0 Å². The van der Waals surface area contributed by atoms with Crippen LogP contribution in [0.1, 0.15) is 23.6 Å². The maximum absolute atomic E-state index is 9.39. The Morgan fingerprint density at radius 1 is 0.952 bits per heavy atom. The molecule has 21 heavy (non-hydrogen) atoms. The Hall–Kier alpha value is -1.82. The number of halogens is 2. The number of rotatable bonds is 2. The predicted octanol–water partition coefficient (Wildman–Crippen LogP) is 5.07. The number of benzene rings is 2. The van der Waals surface area contributed by atoms with E-state index in [1.165, 1.54) is 0 Å². The van der Waals surface area contributed by atoms with E-state index in [4.69, 9.17) is 28.2 Å². The smallest absolute Gasteiger partial charge is 0.0914 e. The molecule has 4 heteroatoms. The Morgan fingerprint density at radius 3 is 2.10 bits per heavy atom. The Labute approximate surface area is 133 Å². The lowest BCUT2D eigenvalue weighted by atomic mass is 9.93. The van der Waals surface area contributed by atoms with Crippen molar-refractivity contribution in [3.63, 3.8) is 0 Å². The largest absolute Gasteiger partial charge is 0.280 e. The Kier molecular flexibility index (Phi) is 3.96. The first-order valence-electron chi connectivity index (χ1n) is 6.65. The summed E-state index contributed by atoms with van der Waals surface area (Å²) in [5, 5.41) is 10.8. The number of hydrogen-bond donors (Lipinski definition) is 0. The van der Waals surface area contributed by atoms with Crippen molar-refractivity contribution < 1.29 is 0 Å². The normalized spacial score (nSPS) is 20.9. The molecule has 2 unspecified atom stereocenters. The van der Waals surface area contributed by atoms with Gasteiger partial charge in [0.25, 0.3) is 0 Å². The van der Waals surface area contributed by atoms with Crippen molar-refractivity contribution in [3.05, 3.63) is 69.7 Å². The van der Waals surface area contributed by atoms with Crippen LogP contribution in [0.2, 0.25) is 10.0 Å². The first-order chi connectivity index (χ1) is 10.2. The van der Waals surface area contributed by atoms with Crippen LogP contribution >= 0.6 is 23.2 Å². The maximum Gasteiger partial charge on any atom is 0.0914 e. The molecule has 0 aromatic heterocycles. The topological polar surface area (TPSA) is 36.1 Å². The minimum atomic E-state index is -0.142. The van der Waals surface area contributed by atoms with Gasteiger partial charge in [0.05, 0.1) is 18.0 Å². The monoisotopic (exact) mass is 314 g/mol. The fourth-order valence-electron chi connectivity index (χ4n) is 2.55. The third-order valence-corrected chi connectivity index (χ3v) is 4.15. The minimum Gasteiger partial charge on any atom is -0.280 e. The second kappa shape index (κ2) is 5.89. The summed E-state index contributed by atoms with van der Waals surface area (Å²) in [5.41, 5.74) is 3.00. The molecule has 0 spiro atoms. The quantitative estimate of drug-likeness (QED) is 0.762. The van der Waals surface area contributed by atoms with Gasteiger partial charge in [-0.2, -0.15) is 5.26 Å². The molecule has 3 rings (SSSR count). The van der Waals surface area contributed by atoms with Crippen molar-refractivity contribution in [2.75, 3.05) is 0 Å². The van der Waals surface area contributed by atoms with Gasteiger partial charge in [0.15, 0.2) is 0 Å². The molecule has 2 aromatic rings. The summed E-state index contributed by atoms with van der Waals surface area (Å²) in [6.45, 7) is 0. The van der Waals surface area contributed by atoms with E-state index in [1.54, 1.807) is 0 Å². The molecular weight excluding hydrogens is 303 g/mol. The number of aliphatic imine (C=N–C) groups is 1. The van der Waals surface area contributed by atoms with Crippen molar-refractivity contribution in [2.45, 2.75) is 12.5 Å². The molecule has 2 aromatic carbocycles. The highest BCUT2D eigenvalue weighted by atomic mass is 35.5. The average Bonchev–Trinajstić information content (AvgIpc) is 2.93. The molecule has 1 aliphatic rings. The van der Waals surface area contributed by atoms with E-state index in [9.17, 15) is 5.26 Å². The third-order valence-electron chi connectivity index (χ3n) is 3.64. The van der Waals surface area contributed by atoms with Crippen LogP contribution < -0.4 is 0 Å². The van der Waals surface area contributed by atoms with Gasteiger partial charge in [-0.05, 0) is 35.4 Å². The van der Waals surface area contributed by atoms with Gasteiger partial charge in [0.2, 0.25) is 0 Å². The molecule has 0 N–H and O–H groups in total. The number of hydrogen-bond acceptors (Lipinski definition) is 2. The molecular formula is C17H12Cl2N2. The first kappa shape index (κ1) is 14.1. The summed E-state index contributed by atoms with van der Waals surface area (Å²) in [6, 6.07) is 17.4. The molecule has 2 nitrogen and oxygen atoms in total. The van der Waals surface area contributed by atoms with E-state index in [-0.39, 0.29) is 12.0 Å². The molecule has 0 amide bonds. The lowest BCUT2D eigenvalue weighted by molar-refractivity contribution is 0.594. The molecule has 1 aliphatic heterocycles. The van der Waals surface area contributed by atoms with Gasteiger partial charge in [0, 0.05) is 22.2 Å². The Balaban J connectivity index is 1.94. The molecule has 104 valence electrons. The van der Waals surface area contributed by atoms with Gasteiger partial charge in [-0.25, -0.2) is 0 Å². The zero-order valence-corrected chi connectivity index (χ0v) is 12.6. The maximum atomic E-state index is 9.39. The van der Waals surface area contributed by atoms with Crippen molar-refractivity contribution in [1.29, 1.82) is 5.26 Å². The molecule has 0 bridgehead atoms. The number of nitrogens with zero attached hydrogens (tertiary/aromatic N) is 2. The van der Waals surface area contributed by atoms with Crippen molar-refractivity contribution in [1.82, 2.24) is 0 Å². The van der Waals surface area contributed by atoms with Crippen LogP contribution in [0.3, 0.4) is 0 Å². The lowest BCUT2D eigenvalue weighted by Crippen LogP contribution is -2.04. The van der Waals surface area contributed by atoms with Gasteiger partial charge in [-0.3, -0.25) is 4.99 Å². The Morgan fingerprint density at radius 2 is 1.52 bits per heavy atom. The van der Waals surface area contributed by atoms with Crippen molar-refractivity contribution >= 4 is 28.9 Å². The van der Waals surface area contributed by atoms with E-state index in [1.807, 2.05) is 48.5 Å². The summed E-state index contributed by atoms with van der Waals surface area (Å²) < 4.78 is 0. The number of nitriles is 1. The van der Waals surface area contributed by atoms with E-state index in [0.717, 1.165) is 16.8 Å². The third kappa shape index (κ3) is 2.95. The van der Waals surface area contributed by atoms with Crippen LogP contribution in [0.4, 0.5) is 0 Å². The summed E-state index contributed by atoms with van der Waals surface area (Å²) in [6.07, 6.45) is 0.658. The molecule has 0 radical (unpaired) electrons. The standard InChI is InChI=1S/C17H12Cl2N2/c18-14-5-1-11(2-6-14)16-9-13(10-20)17(21-16)12-3-7-15(19)8-4-12/h1-8,13,17H,9H2. The first-order valence-corrected chi connectivity index (χ1v) is 7.40. The molecule has 1 heterocycles. The minimum absolute atomic E-state index is 0.127. The van der Waals surface area contributed by atoms with Crippen LogP contribution in [-0.2, 0) is 0 Å². The zero-order valence-electron chi connectivity index (χ0n) is 11.1. The van der Waals surface area contributed by atoms with Crippen molar-refractivity contribution in [2.24, 2.45) is 10.9 Å². The van der Waals surface area contributed by atoms with Gasteiger partial charge in [-0.1, -0.05) is 47.5 Å². The van der Waals surface area contributed by atoms with Crippen LogP contribution in [0.15, 0.2) is 53.5 Å². The SMILES string of the molecule is N#CC1CC(c2ccc(Cl)cc2)=NC1c1ccc(Cl)cc1. The van der Waals surface area contributed by atoms with Gasteiger partial charge in [-0.15, -0.1) is 0 Å². The van der Waals surface area contributed by atoms with Crippen LogP contribution in [0, 0.1) is 17.2 Å². The highest BCUT2D eigenvalue weighted by Gasteiger charge is 2.30. The fourth-order valence-corrected chi connectivity index (χ4v) is 2.80. The summed E-state index contributed by atoms with van der Waals surface area (Å²) in [5.74, 6) is -0.142. The van der Waals surface area contributed by atoms with Crippen LogP contribution in [-0.4, -0.2) is 5.71 Å². The van der Waals surface area contributed by atoms with Gasteiger partial charge in [0.1, 0.15) is 0 Å². The van der Waals surface area contributed by atoms with E-state index >= 15 is 0 Å². The van der Waals surface area contributed by atoms with E-state index < -0.39 is 0 Å². The summed E-state index contributed by atoms with van der Waals surface area (Å²) >= 11 is 11.8. The van der Waals surface area contributed by atoms with Gasteiger partial charge >= 0.3 is 0 Å². The lowest BCUT2D eigenvalue weighted by Gasteiger charge is -2.11. The molecule has 0 saturated heterocycles. The Bertz CT molecular complexity index is 712. The molecule has 2 atom stereocenters. The van der Waals surface area contributed by atoms with E-state index in [0.29, 0.717) is 16.5 Å². The summed E-state index contributed by atoms with van der Waals surface area (Å²) in [4.78, 5) is 4.75. The van der Waals surface area contributed by atoms with Crippen molar-refractivity contribution in [3.8, 4) is 6.07 Å². The highest BCUT2D eigenvalue weighted by molar-refractivity contribution is 6.30. The summed E-state index contributed by atoms with van der Waals surface area (Å²) in [7, 11) is 0. The zero-order chi connectivity index (χ0) is 14.8. The second-order valence-electron chi connectivity index (χ2n) is 5.02. The molecule has 0 saturated carbocycles. The van der Waals surface area contributed by atoms with Crippen LogP contribution in [0.25, 0.3) is 0 Å². The van der Waals surface area contributed by atoms with Crippen LogP contribution in [0.5, 0.6) is 0 Å². The second-order valence-corrected chi connectivity index (χ2v) is 5.89. The molecule has 0 fully saturated rings. The fraction of sp³-hybridized carbons (Fsp3) is 0.176. The predicted molar refractivity (Wildman–Crippen MR) is 85.9 cm³/mol. The van der Waals surface area contributed by atoms with E-state index in [2.05, 4.69) is 6.07 Å². The highest BCUT2D eigenvalue weighted by Crippen LogP contribution is 2.36.